The van der Waals surface area contributed by atoms with Gasteiger partial charge in [0.1, 0.15) is 6.29 Å². The van der Waals surface area contributed by atoms with Gasteiger partial charge in [-0.05, 0) is 35.0 Å². The summed E-state index contributed by atoms with van der Waals surface area (Å²) in [6, 6.07) is 2.42. The zero-order chi connectivity index (χ0) is 13.0. The molecule has 0 aliphatic rings. The van der Waals surface area contributed by atoms with Crippen LogP contribution in [0.4, 0.5) is 4.39 Å². The molecule has 0 spiro atoms. The molecule has 0 aliphatic heterocycles. The minimum Gasteiger partial charge on any atom is -0.475 e. The third-order valence-electron chi connectivity index (χ3n) is 1.98. The first-order valence-electron chi connectivity index (χ1n) is 4.68. The Morgan fingerprint density at radius 3 is 2.65 bits per heavy atom. The maximum Gasteiger partial charge on any atom is 0.346 e. The van der Waals surface area contributed by atoms with E-state index in [9.17, 15) is 14.0 Å². The molecule has 0 heterocycles. The number of esters is 1. The van der Waals surface area contributed by atoms with E-state index in [-0.39, 0.29) is 15.8 Å². The summed E-state index contributed by atoms with van der Waals surface area (Å²) in [6.45, 7) is 1.44. The summed E-state index contributed by atoms with van der Waals surface area (Å²) in [7, 11) is 1.21. The van der Waals surface area contributed by atoms with Gasteiger partial charge in [0, 0.05) is 5.56 Å². The zero-order valence-electron chi connectivity index (χ0n) is 9.20. The number of halogens is 2. The highest BCUT2D eigenvalue weighted by Gasteiger charge is 2.19. The summed E-state index contributed by atoms with van der Waals surface area (Å²) >= 11 is 3.06. The Morgan fingerprint density at radius 1 is 1.53 bits per heavy atom. The van der Waals surface area contributed by atoms with Crippen molar-refractivity contribution in [1.82, 2.24) is 0 Å². The van der Waals surface area contributed by atoms with Crippen molar-refractivity contribution in [2.24, 2.45) is 0 Å². The van der Waals surface area contributed by atoms with Crippen LogP contribution in [-0.4, -0.2) is 25.5 Å². The molecule has 1 unspecified atom stereocenters. The smallest absolute Gasteiger partial charge is 0.346 e. The molecule has 0 fully saturated rings. The fourth-order valence-electron chi connectivity index (χ4n) is 1.15. The quantitative estimate of drug-likeness (QED) is 0.633. The first kappa shape index (κ1) is 13.6. The van der Waals surface area contributed by atoms with Crippen molar-refractivity contribution in [3.63, 3.8) is 0 Å². The molecular formula is C11H10BrFO4. The van der Waals surface area contributed by atoms with Crippen LogP contribution in [0, 0.1) is 5.82 Å². The lowest BCUT2D eigenvalue weighted by molar-refractivity contribution is -0.148. The number of hydrogen-bond donors (Lipinski definition) is 0. The summed E-state index contributed by atoms with van der Waals surface area (Å²) in [5.41, 5.74) is 0.174. The number of hydrogen-bond acceptors (Lipinski definition) is 4. The molecule has 17 heavy (non-hydrogen) atoms. The van der Waals surface area contributed by atoms with E-state index in [1.54, 1.807) is 0 Å². The average molecular weight is 305 g/mol. The molecule has 1 rings (SSSR count). The zero-order valence-corrected chi connectivity index (χ0v) is 10.8. The fourth-order valence-corrected chi connectivity index (χ4v) is 1.70. The van der Waals surface area contributed by atoms with Crippen molar-refractivity contribution in [1.29, 1.82) is 0 Å². The Bertz CT molecular complexity index is 424. The van der Waals surface area contributed by atoms with Gasteiger partial charge in [0.25, 0.3) is 0 Å². The van der Waals surface area contributed by atoms with Crippen molar-refractivity contribution >= 4 is 28.2 Å². The van der Waals surface area contributed by atoms with Gasteiger partial charge in [-0.3, -0.25) is 4.79 Å². The third-order valence-corrected chi connectivity index (χ3v) is 2.57. The molecule has 1 atom stereocenters. The molecule has 6 heteroatoms. The van der Waals surface area contributed by atoms with E-state index in [0.717, 1.165) is 6.07 Å². The summed E-state index contributed by atoms with van der Waals surface area (Å²) in [6.07, 6.45) is -0.422. The van der Waals surface area contributed by atoms with E-state index < -0.39 is 17.9 Å². The van der Waals surface area contributed by atoms with Gasteiger partial charge >= 0.3 is 5.97 Å². The standard InChI is InChI=1S/C11H10BrFO4/c1-6(11(15)16-2)17-10-8(12)3-7(5-14)4-9(10)13/h3-6H,1-2H3. The van der Waals surface area contributed by atoms with Crippen LogP contribution in [0.15, 0.2) is 16.6 Å². The topological polar surface area (TPSA) is 52.6 Å². The second-order valence-corrected chi connectivity index (χ2v) is 4.07. The monoisotopic (exact) mass is 304 g/mol. The summed E-state index contributed by atoms with van der Waals surface area (Å²) in [4.78, 5) is 21.6. The molecule has 0 saturated heterocycles. The Hall–Kier alpha value is -1.43. The average Bonchev–Trinajstić information content (AvgIpc) is 2.31. The lowest BCUT2D eigenvalue weighted by Crippen LogP contribution is -2.25. The highest BCUT2D eigenvalue weighted by Crippen LogP contribution is 2.30. The van der Waals surface area contributed by atoms with E-state index in [4.69, 9.17) is 4.74 Å². The Balaban J connectivity index is 2.99. The van der Waals surface area contributed by atoms with Gasteiger partial charge in [0.15, 0.2) is 17.7 Å². The van der Waals surface area contributed by atoms with Crippen molar-refractivity contribution in [2.45, 2.75) is 13.0 Å². The van der Waals surface area contributed by atoms with Crippen LogP contribution in [0.1, 0.15) is 17.3 Å². The summed E-state index contributed by atoms with van der Waals surface area (Å²) < 4.78 is 23.4. The highest BCUT2D eigenvalue weighted by molar-refractivity contribution is 9.10. The second kappa shape index (κ2) is 5.77. The predicted octanol–water partition coefficient (Wildman–Crippen LogP) is 2.34. The van der Waals surface area contributed by atoms with Gasteiger partial charge in [-0.25, -0.2) is 9.18 Å². The van der Waals surface area contributed by atoms with Crippen LogP contribution in [0.25, 0.3) is 0 Å². The molecule has 0 aliphatic carbocycles. The van der Waals surface area contributed by atoms with Crippen molar-refractivity contribution in [2.75, 3.05) is 7.11 Å². The largest absolute Gasteiger partial charge is 0.475 e. The van der Waals surface area contributed by atoms with E-state index in [2.05, 4.69) is 20.7 Å². The van der Waals surface area contributed by atoms with E-state index in [1.807, 2.05) is 0 Å². The molecule has 0 radical (unpaired) electrons. The van der Waals surface area contributed by atoms with Crippen LogP contribution < -0.4 is 4.74 Å². The van der Waals surface area contributed by atoms with Crippen LogP contribution in [0.2, 0.25) is 0 Å². The van der Waals surface area contributed by atoms with E-state index in [1.165, 1.54) is 20.1 Å². The Kier molecular flexibility index (Phi) is 4.62. The molecule has 0 saturated carbocycles. The van der Waals surface area contributed by atoms with Crippen molar-refractivity contribution in [3.05, 3.63) is 28.0 Å². The number of aldehydes is 1. The highest BCUT2D eigenvalue weighted by atomic mass is 79.9. The second-order valence-electron chi connectivity index (χ2n) is 3.21. The lowest BCUT2D eigenvalue weighted by Gasteiger charge is -2.14. The van der Waals surface area contributed by atoms with Gasteiger partial charge < -0.3 is 9.47 Å². The van der Waals surface area contributed by atoms with E-state index >= 15 is 0 Å². The summed E-state index contributed by atoms with van der Waals surface area (Å²) in [5, 5.41) is 0. The number of carbonyl (C=O) groups is 2. The van der Waals surface area contributed by atoms with E-state index in [0.29, 0.717) is 6.29 Å². The number of benzene rings is 1. The Morgan fingerprint density at radius 2 is 2.18 bits per heavy atom. The van der Waals surface area contributed by atoms with Crippen molar-refractivity contribution in [3.8, 4) is 5.75 Å². The van der Waals surface area contributed by atoms with Crippen molar-refractivity contribution < 1.29 is 23.5 Å². The van der Waals surface area contributed by atoms with Crippen LogP contribution in [-0.2, 0) is 9.53 Å². The van der Waals surface area contributed by atoms with Gasteiger partial charge in [-0.1, -0.05) is 0 Å². The van der Waals surface area contributed by atoms with Crippen LogP contribution in [0.5, 0.6) is 5.75 Å². The minimum absolute atomic E-state index is 0.131. The molecule has 1 aromatic rings. The fraction of sp³-hybridized carbons (Fsp3) is 0.273. The number of methoxy groups -OCH3 is 1. The molecular weight excluding hydrogens is 295 g/mol. The predicted molar refractivity (Wildman–Crippen MR) is 61.6 cm³/mol. The molecule has 92 valence electrons. The summed E-state index contributed by atoms with van der Waals surface area (Å²) in [5.74, 6) is -1.47. The third kappa shape index (κ3) is 3.26. The van der Waals surface area contributed by atoms with Gasteiger partial charge in [-0.2, -0.15) is 0 Å². The number of carbonyl (C=O) groups excluding carboxylic acids is 2. The van der Waals surface area contributed by atoms with Crippen LogP contribution in [0.3, 0.4) is 0 Å². The maximum atomic E-state index is 13.6. The molecule has 0 N–H and O–H groups in total. The lowest BCUT2D eigenvalue weighted by atomic mass is 10.2. The molecule has 0 amide bonds. The molecule has 0 aromatic heterocycles. The van der Waals surface area contributed by atoms with Gasteiger partial charge in [-0.15, -0.1) is 0 Å². The molecule has 0 bridgehead atoms. The maximum absolute atomic E-state index is 13.6. The number of rotatable bonds is 4. The molecule has 4 nitrogen and oxygen atoms in total. The number of ether oxygens (including phenoxy) is 2. The first-order valence-corrected chi connectivity index (χ1v) is 5.47. The minimum atomic E-state index is -0.937. The Labute approximate surface area is 106 Å². The molecule has 1 aromatic carbocycles. The normalized spacial score (nSPS) is 11.8. The van der Waals surface area contributed by atoms with Gasteiger partial charge in [0.2, 0.25) is 0 Å². The SMILES string of the molecule is COC(=O)C(C)Oc1c(F)cc(C=O)cc1Br. The first-order chi connectivity index (χ1) is 7.99. The van der Waals surface area contributed by atoms with Gasteiger partial charge in [0.05, 0.1) is 11.6 Å². The van der Waals surface area contributed by atoms with Crippen LogP contribution >= 0.6 is 15.9 Å².